The number of hydrogen-bond donors (Lipinski definition) is 1. The van der Waals surface area contributed by atoms with E-state index in [-0.39, 0.29) is 12.1 Å². The highest BCUT2D eigenvalue weighted by Crippen LogP contribution is 2.14. The Morgan fingerprint density at radius 1 is 0.400 bits per heavy atom. The fourth-order valence-corrected chi connectivity index (χ4v) is 4.13. The van der Waals surface area contributed by atoms with Crippen molar-refractivity contribution in [1.29, 1.82) is 0 Å². The summed E-state index contributed by atoms with van der Waals surface area (Å²) in [4.78, 5) is 11.8. The van der Waals surface area contributed by atoms with Gasteiger partial charge in [0.15, 0.2) is 0 Å². The van der Waals surface area contributed by atoms with Gasteiger partial charge in [-0.3, -0.25) is 4.79 Å². The largest absolute Gasteiger partial charge is 0.466 e. The first-order valence-corrected chi connectivity index (χ1v) is 15.9. The number of carbonyl (C=O) groups excluding carboxylic acids is 1. The standard InChI is InChI=1S/C28H56O2.C4H10.H3N/c1-3-5-7-9-11-13-14-15-16-17-18-19-20-22-24-26-28(29)30-27-25-23-21-12-10-8-6-4-2;1-3-4-2;/h3-27H2,1-2H3;3-4H2,1-2H3;1H3. The molecular weight excluding hydrogens is 430 g/mol. The predicted molar refractivity (Wildman–Crippen MR) is 159 cm³/mol. The van der Waals surface area contributed by atoms with Crippen LogP contribution in [0.1, 0.15) is 195 Å². The van der Waals surface area contributed by atoms with E-state index in [1.54, 1.807) is 0 Å². The van der Waals surface area contributed by atoms with Crippen LogP contribution in [0.2, 0.25) is 0 Å². The smallest absolute Gasteiger partial charge is 0.305 e. The number of hydrogen-bond acceptors (Lipinski definition) is 3. The zero-order valence-corrected chi connectivity index (χ0v) is 25.1. The van der Waals surface area contributed by atoms with Gasteiger partial charge in [0.2, 0.25) is 0 Å². The molecule has 3 nitrogen and oxygen atoms in total. The Balaban J connectivity index is -0.00000189. The lowest BCUT2D eigenvalue weighted by Crippen LogP contribution is -2.05. The molecule has 0 aliphatic rings. The summed E-state index contributed by atoms with van der Waals surface area (Å²) in [7, 11) is 0. The predicted octanol–water partition coefficient (Wildman–Crippen LogP) is 11.9. The molecule has 0 spiro atoms. The zero-order chi connectivity index (χ0) is 25.4. The summed E-state index contributed by atoms with van der Waals surface area (Å²) in [6, 6.07) is 0. The van der Waals surface area contributed by atoms with E-state index in [0.717, 1.165) is 12.8 Å². The third-order valence-electron chi connectivity index (χ3n) is 6.75. The van der Waals surface area contributed by atoms with Crippen LogP contribution in [-0.4, -0.2) is 12.6 Å². The Morgan fingerprint density at radius 3 is 1.00 bits per heavy atom. The molecule has 0 saturated carbocycles. The van der Waals surface area contributed by atoms with Gasteiger partial charge in [-0.15, -0.1) is 0 Å². The van der Waals surface area contributed by atoms with Crippen LogP contribution in [-0.2, 0) is 9.53 Å². The minimum Gasteiger partial charge on any atom is -0.466 e. The Labute approximate surface area is 222 Å². The molecule has 0 aromatic heterocycles. The molecule has 214 valence electrons. The third kappa shape index (κ3) is 40.9. The molecule has 0 aromatic rings. The van der Waals surface area contributed by atoms with Gasteiger partial charge in [0.25, 0.3) is 0 Å². The summed E-state index contributed by atoms with van der Waals surface area (Å²) >= 11 is 0. The lowest BCUT2D eigenvalue weighted by atomic mass is 10.0. The average Bonchev–Trinajstić information content (AvgIpc) is 2.85. The van der Waals surface area contributed by atoms with Gasteiger partial charge in [-0.25, -0.2) is 0 Å². The van der Waals surface area contributed by atoms with E-state index < -0.39 is 0 Å². The number of esters is 1. The van der Waals surface area contributed by atoms with Gasteiger partial charge in [-0.05, 0) is 12.8 Å². The number of carbonyl (C=O) groups is 1. The molecule has 35 heavy (non-hydrogen) atoms. The van der Waals surface area contributed by atoms with E-state index in [9.17, 15) is 4.79 Å². The Hall–Kier alpha value is -0.570. The van der Waals surface area contributed by atoms with Crippen molar-refractivity contribution in [1.82, 2.24) is 6.15 Å². The van der Waals surface area contributed by atoms with Gasteiger partial charge in [-0.1, -0.05) is 175 Å². The van der Waals surface area contributed by atoms with Crippen LogP contribution in [0.3, 0.4) is 0 Å². The molecule has 0 saturated heterocycles. The van der Waals surface area contributed by atoms with Gasteiger partial charge in [-0.2, -0.15) is 0 Å². The average molecular weight is 500 g/mol. The summed E-state index contributed by atoms with van der Waals surface area (Å²) in [6.45, 7) is 9.54. The number of ether oxygens (including phenoxy) is 1. The third-order valence-corrected chi connectivity index (χ3v) is 6.75. The van der Waals surface area contributed by atoms with Crippen molar-refractivity contribution in [2.24, 2.45) is 0 Å². The molecule has 0 aliphatic heterocycles. The van der Waals surface area contributed by atoms with Crippen molar-refractivity contribution in [3.8, 4) is 0 Å². The maximum Gasteiger partial charge on any atom is 0.305 e. The fourth-order valence-electron chi connectivity index (χ4n) is 4.13. The van der Waals surface area contributed by atoms with Crippen LogP contribution < -0.4 is 6.15 Å². The second-order valence-electron chi connectivity index (χ2n) is 10.4. The molecule has 0 atom stereocenters. The van der Waals surface area contributed by atoms with Crippen molar-refractivity contribution in [3.05, 3.63) is 0 Å². The Bertz CT molecular complexity index is 357. The Morgan fingerprint density at radius 2 is 0.686 bits per heavy atom. The van der Waals surface area contributed by atoms with Crippen molar-refractivity contribution in [2.75, 3.05) is 6.61 Å². The quantitative estimate of drug-likeness (QED) is 0.0950. The maximum absolute atomic E-state index is 11.8. The van der Waals surface area contributed by atoms with Gasteiger partial charge in [0.1, 0.15) is 0 Å². The fraction of sp³-hybridized carbons (Fsp3) is 0.969. The summed E-state index contributed by atoms with van der Waals surface area (Å²) < 4.78 is 5.37. The maximum atomic E-state index is 11.8. The number of rotatable bonds is 26. The van der Waals surface area contributed by atoms with Crippen molar-refractivity contribution >= 4 is 5.97 Å². The molecular formula is C32H69NO2. The van der Waals surface area contributed by atoms with Gasteiger partial charge < -0.3 is 10.9 Å². The van der Waals surface area contributed by atoms with Crippen LogP contribution in [0, 0.1) is 0 Å². The molecule has 3 N–H and O–H groups in total. The van der Waals surface area contributed by atoms with Gasteiger partial charge in [0.05, 0.1) is 6.61 Å². The van der Waals surface area contributed by atoms with Gasteiger partial charge in [0, 0.05) is 6.42 Å². The summed E-state index contributed by atoms with van der Waals surface area (Å²) in [6.07, 6.45) is 34.0. The van der Waals surface area contributed by atoms with Crippen LogP contribution >= 0.6 is 0 Å². The van der Waals surface area contributed by atoms with Crippen LogP contribution in [0.4, 0.5) is 0 Å². The van der Waals surface area contributed by atoms with Crippen molar-refractivity contribution < 1.29 is 9.53 Å². The van der Waals surface area contributed by atoms with Crippen LogP contribution in [0.5, 0.6) is 0 Å². The first-order chi connectivity index (χ1) is 16.7. The molecule has 0 bridgehead atoms. The molecule has 0 unspecified atom stereocenters. The SMILES string of the molecule is CCCC.CCCCCCCCCCCCCCCCCC(=O)OCCCCCCCCCC.N. The first kappa shape index (κ1) is 39.0. The highest BCUT2D eigenvalue weighted by molar-refractivity contribution is 5.69. The minimum atomic E-state index is 0. The van der Waals surface area contributed by atoms with E-state index >= 15 is 0 Å². The highest BCUT2D eigenvalue weighted by Gasteiger charge is 2.02. The molecule has 0 fully saturated rings. The van der Waals surface area contributed by atoms with Crippen molar-refractivity contribution in [3.63, 3.8) is 0 Å². The first-order valence-electron chi connectivity index (χ1n) is 15.9. The lowest BCUT2D eigenvalue weighted by Gasteiger charge is -2.05. The van der Waals surface area contributed by atoms with E-state index in [2.05, 4.69) is 27.7 Å². The minimum absolute atomic E-state index is 0. The normalized spacial score (nSPS) is 10.4. The molecule has 0 rings (SSSR count). The summed E-state index contributed by atoms with van der Waals surface area (Å²) in [5.74, 6) is 0.0210. The summed E-state index contributed by atoms with van der Waals surface area (Å²) in [5.41, 5.74) is 0. The molecule has 0 aliphatic carbocycles. The zero-order valence-electron chi connectivity index (χ0n) is 25.1. The second kappa shape index (κ2) is 38.0. The lowest BCUT2D eigenvalue weighted by molar-refractivity contribution is -0.143. The second-order valence-corrected chi connectivity index (χ2v) is 10.4. The summed E-state index contributed by atoms with van der Waals surface area (Å²) in [5, 5.41) is 0. The van der Waals surface area contributed by atoms with Gasteiger partial charge >= 0.3 is 5.97 Å². The van der Waals surface area contributed by atoms with E-state index in [0.29, 0.717) is 13.0 Å². The van der Waals surface area contributed by atoms with E-state index in [1.165, 1.54) is 148 Å². The molecule has 0 heterocycles. The number of unbranched alkanes of at least 4 members (excludes halogenated alkanes) is 22. The highest BCUT2D eigenvalue weighted by atomic mass is 16.5. The molecule has 0 amide bonds. The molecule has 0 radical (unpaired) electrons. The van der Waals surface area contributed by atoms with E-state index in [4.69, 9.17) is 4.74 Å². The van der Waals surface area contributed by atoms with Crippen LogP contribution in [0.15, 0.2) is 0 Å². The Kier molecular flexibility index (Phi) is 42.3. The van der Waals surface area contributed by atoms with E-state index in [1.807, 2.05) is 0 Å². The topological polar surface area (TPSA) is 61.3 Å². The monoisotopic (exact) mass is 500 g/mol. The molecule has 3 heteroatoms. The molecule has 0 aromatic carbocycles. The van der Waals surface area contributed by atoms with Crippen molar-refractivity contribution in [2.45, 2.75) is 195 Å². The van der Waals surface area contributed by atoms with Crippen LogP contribution in [0.25, 0.3) is 0 Å².